The predicted molar refractivity (Wildman–Crippen MR) is 217 cm³/mol. The average molecular weight is 670 g/mol. The van der Waals surface area contributed by atoms with Gasteiger partial charge in [-0.15, -0.1) is 11.3 Å². The minimum atomic E-state index is 1.03. The first-order valence-corrected chi connectivity index (χ1v) is 18.0. The largest absolute Gasteiger partial charge is 0.310 e. The number of benzene rings is 8. The van der Waals surface area contributed by atoms with Gasteiger partial charge in [0, 0.05) is 49.7 Å². The molecule has 8 aromatic carbocycles. The average Bonchev–Trinajstić information content (AvgIpc) is 3.80. The maximum absolute atomic E-state index is 5.00. The quantitative estimate of drug-likeness (QED) is 0.176. The Kier molecular flexibility index (Phi) is 7.00. The van der Waals surface area contributed by atoms with Crippen LogP contribution in [0.1, 0.15) is 0 Å². The van der Waals surface area contributed by atoms with Crippen molar-refractivity contribution in [2.45, 2.75) is 0 Å². The van der Waals surface area contributed by atoms with E-state index in [9.17, 15) is 0 Å². The summed E-state index contributed by atoms with van der Waals surface area (Å²) in [6, 6.07) is 67.3. The van der Waals surface area contributed by atoms with Crippen molar-refractivity contribution in [3.63, 3.8) is 0 Å². The monoisotopic (exact) mass is 669 g/mol. The molecule has 3 nitrogen and oxygen atoms in total. The van der Waals surface area contributed by atoms with Crippen LogP contribution in [0.3, 0.4) is 0 Å². The third-order valence-corrected chi connectivity index (χ3v) is 10.9. The number of aromatic nitrogens is 2. The van der Waals surface area contributed by atoms with Gasteiger partial charge in [-0.1, -0.05) is 133 Å². The van der Waals surface area contributed by atoms with Crippen LogP contribution in [0.15, 0.2) is 188 Å². The number of para-hydroxylation sites is 3. The highest BCUT2D eigenvalue weighted by Crippen LogP contribution is 2.46. The van der Waals surface area contributed by atoms with Crippen LogP contribution in [-0.4, -0.2) is 9.55 Å². The van der Waals surface area contributed by atoms with E-state index >= 15 is 0 Å². The van der Waals surface area contributed by atoms with Crippen LogP contribution >= 0.6 is 11.3 Å². The van der Waals surface area contributed by atoms with Crippen molar-refractivity contribution in [1.29, 1.82) is 0 Å². The molecule has 0 aliphatic carbocycles. The number of fused-ring (bicyclic) bond motifs is 6. The van der Waals surface area contributed by atoms with Gasteiger partial charge in [-0.05, 0) is 60.2 Å². The van der Waals surface area contributed by atoms with Gasteiger partial charge in [0.2, 0.25) is 0 Å². The van der Waals surface area contributed by atoms with E-state index in [1.807, 2.05) is 6.07 Å². The Balaban J connectivity index is 1.17. The SMILES string of the molecule is c1ccc(-c2nc3cccc(-c4ccc(N(c5ccccc5)c5cc6c7ccccc7n(-c7ccccc7)c6c6ccccc56)cc4)c3s2)cc1. The van der Waals surface area contributed by atoms with E-state index in [0.29, 0.717) is 0 Å². The van der Waals surface area contributed by atoms with Crippen molar-refractivity contribution in [3.8, 4) is 27.4 Å². The number of hydrogen-bond acceptors (Lipinski definition) is 3. The van der Waals surface area contributed by atoms with Gasteiger partial charge in [0.15, 0.2) is 0 Å². The fourth-order valence-corrected chi connectivity index (χ4v) is 8.61. The van der Waals surface area contributed by atoms with E-state index in [-0.39, 0.29) is 0 Å². The first-order valence-electron chi connectivity index (χ1n) is 17.2. The lowest BCUT2D eigenvalue weighted by Crippen LogP contribution is -2.10. The predicted octanol–water partition coefficient (Wildman–Crippen LogP) is 13.4. The molecule has 0 aliphatic heterocycles. The van der Waals surface area contributed by atoms with Crippen molar-refractivity contribution >= 4 is 71.2 Å². The van der Waals surface area contributed by atoms with Gasteiger partial charge in [-0.25, -0.2) is 4.98 Å². The maximum atomic E-state index is 5.00. The van der Waals surface area contributed by atoms with Gasteiger partial charge in [-0.3, -0.25) is 0 Å². The van der Waals surface area contributed by atoms with Crippen LogP contribution in [0.25, 0.3) is 70.2 Å². The molecule has 0 saturated heterocycles. The summed E-state index contributed by atoms with van der Waals surface area (Å²) in [5, 5.41) is 5.92. The number of nitrogens with zero attached hydrogens (tertiary/aromatic N) is 3. The Morgan fingerprint density at radius 2 is 1.10 bits per heavy atom. The fourth-order valence-electron chi connectivity index (χ4n) is 7.51. The minimum absolute atomic E-state index is 1.03. The molecule has 51 heavy (non-hydrogen) atoms. The van der Waals surface area contributed by atoms with E-state index in [4.69, 9.17) is 4.98 Å². The van der Waals surface area contributed by atoms with E-state index in [1.165, 1.54) is 48.4 Å². The maximum Gasteiger partial charge on any atom is 0.124 e. The van der Waals surface area contributed by atoms with Crippen molar-refractivity contribution in [1.82, 2.24) is 9.55 Å². The van der Waals surface area contributed by atoms with Gasteiger partial charge in [0.1, 0.15) is 5.01 Å². The zero-order valence-corrected chi connectivity index (χ0v) is 28.5. The highest BCUT2D eigenvalue weighted by Gasteiger charge is 2.22. The summed E-state index contributed by atoms with van der Waals surface area (Å²) in [5.74, 6) is 0. The van der Waals surface area contributed by atoms with Crippen molar-refractivity contribution < 1.29 is 0 Å². The lowest BCUT2D eigenvalue weighted by atomic mass is 10.0. The Labute approximate surface area is 299 Å². The van der Waals surface area contributed by atoms with Crippen molar-refractivity contribution in [2.75, 3.05) is 4.90 Å². The van der Waals surface area contributed by atoms with Crippen molar-refractivity contribution in [3.05, 3.63) is 188 Å². The van der Waals surface area contributed by atoms with Crippen LogP contribution in [0.5, 0.6) is 0 Å². The lowest BCUT2D eigenvalue weighted by molar-refractivity contribution is 1.19. The molecule has 10 rings (SSSR count). The second-order valence-corrected chi connectivity index (χ2v) is 13.8. The summed E-state index contributed by atoms with van der Waals surface area (Å²) < 4.78 is 3.62. The Morgan fingerprint density at radius 3 is 1.86 bits per heavy atom. The molecular weight excluding hydrogens is 639 g/mol. The second-order valence-electron chi connectivity index (χ2n) is 12.8. The van der Waals surface area contributed by atoms with Gasteiger partial charge in [-0.2, -0.15) is 0 Å². The molecule has 0 aliphatic rings. The molecule has 0 unspecified atom stereocenters. The second kappa shape index (κ2) is 12.1. The molecule has 2 aromatic heterocycles. The Morgan fingerprint density at radius 1 is 0.471 bits per heavy atom. The molecule has 0 bridgehead atoms. The molecule has 240 valence electrons. The molecule has 0 saturated carbocycles. The zero-order chi connectivity index (χ0) is 33.7. The topological polar surface area (TPSA) is 21.1 Å². The first-order chi connectivity index (χ1) is 25.3. The number of rotatable bonds is 6. The molecule has 0 atom stereocenters. The van der Waals surface area contributed by atoms with E-state index in [2.05, 4.69) is 191 Å². The molecule has 10 aromatic rings. The van der Waals surface area contributed by atoms with E-state index in [0.717, 1.165) is 38.8 Å². The molecular formula is C47H31N3S. The third kappa shape index (κ3) is 4.91. The van der Waals surface area contributed by atoms with Gasteiger partial charge < -0.3 is 9.47 Å². The molecule has 0 fully saturated rings. The van der Waals surface area contributed by atoms with Gasteiger partial charge >= 0.3 is 0 Å². The normalized spacial score (nSPS) is 11.5. The molecule has 0 radical (unpaired) electrons. The minimum Gasteiger partial charge on any atom is -0.310 e. The molecule has 2 heterocycles. The van der Waals surface area contributed by atoms with Crippen LogP contribution in [0, 0.1) is 0 Å². The van der Waals surface area contributed by atoms with Crippen molar-refractivity contribution in [2.24, 2.45) is 0 Å². The van der Waals surface area contributed by atoms with E-state index < -0.39 is 0 Å². The van der Waals surface area contributed by atoms with Crippen LogP contribution in [0.2, 0.25) is 0 Å². The first kappa shape index (κ1) is 29.4. The molecule has 0 N–H and O–H groups in total. The molecule has 4 heteroatoms. The number of anilines is 3. The molecule has 0 spiro atoms. The fraction of sp³-hybridized carbons (Fsp3) is 0. The number of thiazole rings is 1. The summed E-state index contributed by atoms with van der Waals surface area (Å²) in [5.41, 5.74) is 11.5. The van der Waals surface area contributed by atoms with Gasteiger partial charge in [0.05, 0.1) is 26.9 Å². The summed E-state index contributed by atoms with van der Waals surface area (Å²) in [6.07, 6.45) is 0. The van der Waals surface area contributed by atoms with Crippen LogP contribution in [-0.2, 0) is 0 Å². The number of hydrogen-bond donors (Lipinski definition) is 0. The smallest absolute Gasteiger partial charge is 0.124 e. The Bertz CT molecular complexity index is 2840. The standard InChI is InChI=1S/C47H31N3S/c1-4-15-33(16-5-1)47-48-42-25-14-24-37(46(42)51-47)32-27-29-36(30-28-32)49(34-17-6-2-7-18-34)44-31-41-39-22-12-13-26-43(39)50(35-19-8-3-9-20-35)45(41)40-23-11-10-21-38(40)44/h1-31H. The third-order valence-electron chi connectivity index (χ3n) is 9.79. The summed E-state index contributed by atoms with van der Waals surface area (Å²) in [7, 11) is 0. The molecule has 0 amide bonds. The summed E-state index contributed by atoms with van der Waals surface area (Å²) in [6.45, 7) is 0. The highest BCUT2D eigenvalue weighted by atomic mass is 32.1. The van der Waals surface area contributed by atoms with E-state index in [1.54, 1.807) is 11.3 Å². The Hall–Kier alpha value is -6.49. The van der Waals surface area contributed by atoms with Crippen LogP contribution < -0.4 is 4.90 Å². The van der Waals surface area contributed by atoms with Gasteiger partial charge in [0.25, 0.3) is 0 Å². The summed E-state index contributed by atoms with van der Waals surface area (Å²) >= 11 is 1.76. The zero-order valence-electron chi connectivity index (χ0n) is 27.6. The van der Waals surface area contributed by atoms with Crippen LogP contribution in [0.4, 0.5) is 17.1 Å². The lowest BCUT2D eigenvalue weighted by Gasteiger charge is -2.27. The highest BCUT2D eigenvalue weighted by molar-refractivity contribution is 7.22. The summed E-state index contributed by atoms with van der Waals surface area (Å²) in [4.78, 5) is 7.40.